The average Bonchev–Trinajstić information content (AvgIpc) is 2.16. The van der Waals surface area contributed by atoms with E-state index in [4.69, 9.17) is 5.73 Å². The summed E-state index contributed by atoms with van der Waals surface area (Å²) in [5.41, 5.74) is 7.03. The number of carbonyl (C=O) groups excluding carboxylic acids is 1. The zero-order valence-corrected chi connectivity index (χ0v) is 11.4. The molecule has 1 unspecified atom stereocenters. The topological polar surface area (TPSA) is 43.1 Å². The predicted molar refractivity (Wildman–Crippen MR) is 71.6 cm³/mol. The average molecular weight is 284 g/mol. The Morgan fingerprint density at radius 2 is 2.12 bits per heavy atom. The first kappa shape index (κ1) is 13.2. The van der Waals surface area contributed by atoms with E-state index in [9.17, 15) is 4.79 Å². The normalized spacial score (nSPS) is 12.4. The third kappa shape index (κ3) is 3.97. The lowest BCUT2D eigenvalue weighted by Gasteiger charge is -2.09. The summed E-state index contributed by atoms with van der Waals surface area (Å²) >= 11 is 3.35. The first-order chi connectivity index (χ1) is 7.52. The second-order valence-corrected chi connectivity index (χ2v) is 5.21. The van der Waals surface area contributed by atoms with Crippen molar-refractivity contribution in [2.24, 2.45) is 5.92 Å². The fourth-order valence-corrected chi connectivity index (χ4v) is 2.31. The molecule has 88 valence electrons. The number of halogens is 1. The van der Waals surface area contributed by atoms with Crippen molar-refractivity contribution in [2.45, 2.75) is 33.1 Å². The van der Waals surface area contributed by atoms with E-state index >= 15 is 0 Å². The molecule has 0 amide bonds. The Balaban J connectivity index is 2.72. The molecular weight excluding hydrogens is 266 g/mol. The molecule has 0 aliphatic rings. The minimum atomic E-state index is 0.175. The minimum absolute atomic E-state index is 0.175. The molecule has 2 N–H and O–H groups in total. The van der Waals surface area contributed by atoms with Crippen LogP contribution in [0, 0.1) is 5.92 Å². The molecule has 3 heteroatoms. The molecule has 16 heavy (non-hydrogen) atoms. The minimum Gasteiger partial charge on any atom is -0.399 e. The van der Waals surface area contributed by atoms with Crippen LogP contribution in [-0.2, 0) is 0 Å². The summed E-state index contributed by atoms with van der Waals surface area (Å²) in [4.78, 5) is 12.0. The quantitative estimate of drug-likeness (QED) is 0.655. The van der Waals surface area contributed by atoms with E-state index in [2.05, 4.69) is 29.8 Å². The van der Waals surface area contributed by atoms with Crippen molar-refractivity contribution in [1.82, 2.24) is 0 Å². The molecular formula is C13H18BrNO. The maximum atomic E-state index is 12.0. The lowest BCUT2D eigenvalue weighted by atomic mass is 9.96. The van der Waals surface area contributed by atoms with Crippen molar-refractivity contribution in [1.29, 1.82) is 0 Å². The van der Waals surface area contributed by atoms with Crippen LogP contribution in [0.3, 0.4) is 0 Å². The fraction of sp³-hybridized carbons (Fsp3) is 0.462. The Bertz CT molecular complexity index is 356. The Morgan fingerprint density at radius 1 is 1.44 bits per heavy atom. The molecule has 1 aromatic carbocycles. The highest BCUT2D eigenvalue weighted by atomic mass is 79.9. The lowest BCUT2D eigenvalue weighted by Crippen LogP contribution is -2.06. The van der Waals surface area contributed by atoms with E-state index in [1.165, 1.54) is 0 Å². The molecule has 0 saturated carbocycles. The Labute approximate surface area is 105 Å². The molecule has 1 atom stereocenters. The van der Waals surface area contributed by atoms with Crippen molar-refractivity contribution >= 4 is 27.4 Å². The second-order valence-electron chi connectivity index (χ2n) is 4.29. The summed E-state index contributed by atoms with van der Waals surface area (Å²) in [5, 5.41) is 0. The van der Waals surface area contributed by atoms with Crippen LogP contribution >= 0.6 is 15.9 Å². The van der Waals surface area contributed by atoms with Crippen molar-refractivity contribution in [2.75, 3.05) is 5.73 Å². The Hall–Kier alpha value is -0.830. The monoisotopic (exact) mass is 283 g/mol. The molecule has 0 fully saturated rings. The van der Waals surface area contributed by atoms with Gasteiger partial charge in [-0.3, -0.25) is 4.79 Å². The maximum Gasteiger partial charge on any atom is 0.163 e. The molecule has 1 rings (SSSR count). The SMILES string of the molecule is CCCC(C)CC(=O)c1cc(N)cc(Br)c1. The van der Waals surface area contributed by atoms with Crippen LogP contribution in [0.4, 0.5) is 5.69 Å². The molecule has 0 heterocycles. The van der Waals surface area contributed by atoms with Crippen molar-refractivity contribution in [3.05, 3.63) is 28.2 Å². The van der Waals surface area contributed by atoms with E-state index in [-0.39, 0.29) is 5.78 Å². The number of hydrogen-bond acceptors (Lipinski definition) is 2. The van der Waals surface area contributed by atoms with Crippen LogP contribution in [0.5, 0.6) is 0 Å². The highest BCUT2D eigenvalue weighted by Gasteiger charge is 2.11. The molecule has 0 saturated heterocycles. The predicted octanol–water partition coefficient (Wildman–Crippen LogP) is 4.04. The van der Waals surface area contributed by atoms with Gasteiger partial charge in [0, 0.05) is 22.1 Å². The number of benzene rings is 1. The number of ketones is 1. The maximum absolute atomic E-state index is 12.0. The highest BCUT2D eigenvalue weighted by molar-refractivity contribution is 9.10. The zero-order valence-electron chi connectivity index (χ0n) is 9.79. The van der Waals surface area contributed by atoms with Crippen LogP contribution < -0.4 is 5.73 Å². The molecule has 0 bridgehead atoms. The van der Waals surface area contributed by atoms with Gasteiger partial charge in [-0.05, 0) is 24.1 Å². The van der Waals surface area contributed by atoms with Gasteiger partial charge in [0.05, 0.1) is 0 Å². The largest absolute Gasteiger partial charge is 0.399 e. The van der Waals surface area contributed by atoms with E-state index in [0.29, 0.717) is 23.6 Å². The van der Waals surface area contributed by atoms with E-state index < -0.39 is 0 Å². The zero-order chi connectivity index (χ0) is 12.1. The van der Waals surface area contributed by atoms with Crippen LogP contribution in [0.2, 0.25) is 0 Å². The first-order valence-corrected chi connectivity index (χ1v) is 6.41. The molecule has 0 aliphatic heterocycles. The Kier molecular flexibility index (Phi) is 5.00. The van der Waals surface area contributed by atoms with Crippen molar-refractivity contribution in [3.63, 3.8) is 0 Å². The van der Waals surface area contributed by atoms with E-state index in [1.807, 2.05) is 6.07 Å². The van der Waals surface area contributed by atoms with Crippen molar-refractivity contribution in [3.8, 4) is 0 Å². The summed E-state index contributed by atoms with van der Waals surface area (Å²) in [6.07, 6.45) is 2.81. The number of nitrogen functional groups attached to an aromatic ring is 1. The third-order valence-corrected chi connectivity index (χ3v) is 3.02. The second kappa shape index (κ2) is 6.04. The number of carbonyl (C=O) groups is 1. The number of hydrogen-bond donors (Lipinski definition) is 1. The van der Waals surface area contributed by atoms with Gasteiger partial charge in [-0.15, -0.1) is 0 Å². The number of nitrogens with two attached hydrogens (primary N) is 1. The third-order valence-electron chi connectivity index (χ3n) is 2.56. The summed E-state index contributed by atoms with van der Waals surface area (Å²) in [6, 6.07) is 5.37. The fourth-order valence-electron chi connectivity index (χ4n) is 1.80. The van der Waals surface area contributed by atoms with Crippen LogP contribution in [0.25, 0.3) is 0 Å². The summed E-state index contributed by atoms with van der Waals surface area (Å²) in [7, 11) is 0. The molecule has 1 aromatic rings. The van der Waals surface area contributed by atoms with Crippen LogP contribution in [0.1, 0.15) is 43.5 Å². The van der Waals surface area contributed by atoms with Gasteiger partial charge in [0.25, 0.3) is 0 Å². The molecule has 0 radical (unpaired) electrons. The van der Waals surface area contributed by atoms with Gasteiger partial charge in [0.1, 0.15) is 0 Å². The number of Topliss-reactive ketones (excluding diaryl/α,β-unsaturated/α-hetero) is 1. The smallest absolute Gasteiger partial charge is 0.163 e. The first-order valence-electron chi connectivity index (χ1n) is 5.62. The van der Waals surface area contributed by atoms with Crippen LogP contribution in [0.15, 0.2) is 22.7 Å². The van der Waals surface area contributed by atoms with E-state index in [0.717, 1.165) is 17.3 Å². The Morgan fingerprint density at radius 3 is 2.69 bits per heavy atom. The van der Waals surface area contributed by atoms with E-state index in [1.54, 1.807) is 12.1 Å². The van der Waals surface area contributed by atoms with Gasteiger partial charge in [-0.2, -0.15) is 0 Å². The highest BCUT2D eigenvalue weighted by Crippen LogP contribution is 2.20. The molecule has 0 aliphatic carbocycles. The summed E-state index contributed by atoms with van der Waals surface area (Å²) in [6.45, 7) is 4.25. The van der Waals surface area contributed by atoms with Gasteiger partial charge < -0.3 is 5.73 Å². The van der Waals surface area contributed by atoms with Crippen molar-refractivity contribution < 1.29 is 4.79 Å². The van der Waals surface area contributed by atoms with Gasteiger partial charge in [-0.1, -0.05) is 42.6 Å². The molecule has 0 aromatic heterocycles. The van der Waals surface area contributed by atoms with Gasteiger partial charge in [-0.25, -0.2) is 0 Å². The summed E-state index contributed by atoms with van der Waals surface area (Å²) in [5.74, 6) is 0.617. The van der Waals surface area contributed by atoms with Gasteiger partial charge in [0.2, 0.25) is 0 Å². The van der Waals surface area contributed by atoms with Crippen LogP contribution in [-0.4, -0.2) is 5.78 Å². The molecule has 0 spiro atoms. The number of anilines is 1. The molecule has 2 nitrogen and oxygen atoms in total. The summed E-state index contributed by atoms with van der Waals surface area (Å²) < 4.78 is 0.860. The number of rotatable bonds is 5. The van der Waals surface area contributed by atoms with Gasteiger partial charge in [0.15, 0.2) is 5.78 Å². The standard InChI is InChI=1S/C13H18BrNO/c1-3-4-9(2)5-13(16)10-6-11(14)8-12(15)7-10/h6-9H,3-5,15H2,1-2H3. The van der Waals surface area contributed by atoms with Gasteiger partial charge >= 0.3 is 0 Å². The lowest BCUT2D eigenvalue weighted by molar-refractivity contribution is 0.0962.